The zero-order valence-electron chi connectivity index (χ0n) is 10.6. The van der Waals surface area contributed by atoms with Gasteiger partial charge in [0.25, 0.3) is 0 Å². The molecule has 2 aromatic rings. The molecule has 0 saturated carbocycles. The van der Waals surface area contributed by atoms with E-state index in [1.54, 1.807) is 49.4 Å². The van der Waals surface area contributed by atoms with Gasteiger partial charge < -0.3 is 14.6 Å². The number of hydrogen-bond donors (Lipinski definition) is 1. The summed E-state index contributed by atoms with van der Waals surface area (Å²) >= 11 is 0. The maximum Gasteiger partial charge on any atom is 0.161 e. The molecule has 5 heteroatoms. The molecular weight excluding hydrogens is 232 g/mol. The molecule has 2 rings (SSSR count). The van der Waals surface area contributed by atoms with Crippen LogP contribution in [-0.4, -0.2) is 29.1 Å². The van der Waals surface area contributed by atoms with Crippen LogP contribution in [0.2, 0.25) is 0 Å². The normalized spacial score (nSPS) is 12.2. The highest BCUT2D eigenvalue weighted by Crippen LogP contribution is 2.31. The number of benzene rings is 1. The molecule has 0 amide bonds. The van der Waals surface area contributed by atoms with Gasteiger partial charge in [-0.1, -0.05) is 6.07 Å². The Morgan fingerprint density at radius 3 is 2.44 bits per heavy atom. The van der Waals surface area contributed by atoms with Crippen LogP contribution in [0.1, 0.15) is 17.4 Å². The van der Waals surface area contributed by atoms with Crippen molar-refractivity contribution < 1.29 is 14.6 Å². The van der Waals surface area contributed by atoms with Crippen molar-refractivity contribution in [3.63, 3.8) is 0 Å². The Morgan fingerprint density at radius 2 is 1.89 bits per heavy atom. The maximum atomic E-state index is 10.2. The van der Waals surface area contributed by atoms with Crippen molar-refractivity contribution in [1.29, 1.82) is 0 Å². The molecule has 5 nitrogen and oxygen atoms in total. The summed E-state index contributed by atoms with van der Waals surface area (Å²) in [6.07, 6.45) is 1.02. The molecule has 0 aliphatic heterocycles. The Kier molecular flexibility index (Phi) is 3.53. The van der Waals surface area contributed by atoms with Gasteiger partial charge in [0.1, 0.15) is 6.10 Å². The first-order valence-electron chi connectivity index (χ1n) is 5.55. The van der Waals surface area contributed by atoms with E-state index >= 15 is 0 Å². The third-order valence-corrected chi connectivity index (χ3v) is 2.74. The Balaban J connectivity index is 2.33. The second kappa shape index (κ2) is 5.10. The number of methoxy groups -OCH3 is 2. The summed E-state index contributed by atoms with van der Waals surface area (Å²) in [6, 6.07) is 7.08. The Bertz CT molecular complexity index is 537. The van der Waals surface area contributed by atoms with Gasteiger partial charge in [-0.25, -0.2) is 0 Å². The van der Waals surface area contributed by atoms with Crippen LogP contribution in [0.4, 0.5) is 0 Å². The Morgan fingerprint density at radius 1 is 1.17 bits per heavy atom. The van der Waals surface area contributed by atoms with E-state index < -0.39 is 6.10 Å². The van der Waals surface area contributed by atoms with Crippen LogP contribution in [0.3, 0.4) is 0 Å². The van der Waals surface area contributed by atoms with Gasteiger partial charge in [-0.3, -0.25) is 4.68 Å². The lowest BCUT2D eigenvalue weighted by Gasteiger charge is -2.12. The van der Waals surface area contributed by atoms with Gasteiger partial charge in [0, 0.05) is 13.2 Å². The van der Waals surface area contributed by atoms with Crippen LogP contribution in [0.5, 0.6) is 11.5 Å². The molecule has 1 heterocycles. The molecule has 1 aromatic carbocycles. The lowest BCUT2D eigenvalue weighted by Crippen LogP contribution is -2.02. The number of aliphatic hydroxyl groups is 1. The summed E-state index contributed by atoms with van der Waals surface area (Å²) in [5, 5.41) is 14.4. The minimum atomic E-state index is -0.772. The third kappa shape index (κ3) is 2.31. The number of hydrogen-bond acceptors (Lipinski definition) is 4. The number of rotatable bonds is 4. The quantitative estimate of drug-likeness (QED) is 0.891. The van der Waals surface area contributed by atoms with Crippen molar-refractivity contribution in [2.45, 2.75) is 6.10 Å². The smallest absolute Gasteiger partial charge is 0.161 e. The molecule has 0 fully saturated rings. The van der Waals surface area contributed by atoms with Crippen molar-refractivity contribution in [1.82, 2.24) is 9.78 Å². The molecule has 1 N–H and O–H groups in total. The van der Waals surface area contributed by atoms with Gasteiger partial charge in [0.15, 0.2) is 11.5 Å². The fourth-order valence-corrected chi connectivity index (χ4v) is 1.77. The van der Waals surface area contributed by atoms with Crippen molar-refractivity contribution in [3.8, 4) is 11.5 Å². The molecular formula is C13H16N2O3. The maximum absolute atomic E-state index is 10.2. The van der Waals surface area contributed by atoms with Crippen molar-refractivity contribution in [3.05, 3.63) is 41.7 Å². The van der Waals surface area contributed by atoms with Gasteiger partial charge in [0.05, 0.1) is 19.9 Å². The van der Waals surface area contributed by atoms with E-state index in [0.29, 0.717) is 22.8 Å². The fraction of sp³-hybridized carbons (Fsp3) is 0.308. The fourth-order valence-electron chi connectivity index (χ4n) is 1.77. The van der Waals surface area contributed by atoms with Gasteiger partial charge in [-0.05, 0) is 23.8 Å². The van der Waals surface area contributed by atoms with E-state index in [4.69, 9.17) is 9.47 Å². The highest BCUT2D eigenvalue weighted by Gasteiger charge is 2.15. The summed E-state index contributed by atoms with van der Waals surface area (Å²) < 4.78 is 12.0. The number of aliphatic hydroxyl groups excluding tert-OH is 1. The second-order valence-corrected chi connectivity index (χ2v) is 3.93. The number of aryl methyl sites for hydroxylation is 1. The molecule has 1 aromatic heterocycles. The average Bonchev–Trinajstić information content (AvgIpc) is 2.83. The summed E-state index contributed by atoms with van der Waals surface area (Å²) in [7, 11) is 4.95. The molecule has 0 aliphatic rings. The van der Waals surface area contributed by atoms with Crippen LogP contribution in [-0.2, 0) is 7.05 Å². The summed E-state index contributed by atoms with van der Waals surface area (Å²) in [5.74, 6) is 1.22. The molecule has 96 valence electrons. The minimum Gasteiger partial charge on any atom is -0.493 e. The molecule has 0 saturated heterocycles. The first-order chi connectivity index (χ1) is 8.65. The van der Waals surface area contributed by atoms with E-state index in [0.717, 1.165) is 0 Å². The van der Waals surface area contributed by atoms with E-state index in [1.807, 2.05) is 7.05 Å². The predicted octanol–water partition coefficient (Wildman–Crippen LogP) is 1.52. The Hall–Kier alpha value is -2.01. The number of aromatic nitrogens is 2. The molecule has 0 bridgehead atoms. The van der Waals surface area contributed by atoms with E-state index in [-0.39, 0.29) is 0 Å². The number of ether oxygens (including phenoxy) is 2. The van der Waals surface area contributed by atoms with Crippen LogP contribution < -0.4 is 9.47 Å². The highest BCUT2D eigenvalue weighted by atomic mass is 16.5. The van der Waals surface area contributed by atoms with Crippen molar-refractivity contribution in [2.24, 2.45) is 7.05 Å². The van der Waals surface area contributed by atoms with E-state index in [1.165, 1.54) is 0 Å². The van der Waals surface area contributed by atoms with Gasteiger partial charge in [0.2, 0.25) is 0 Å². The van der Waals surface area contributed by atoms with Crippen molar-refractivity contribution in [2.75, 3.05) is 14.2 Å². The Labute approximate surface area is 106 Å². The standard InChI is InChI=1S/C13H16N2O3/c1-15-7-6-10(14-15)13(16)9-4-5-11(17-2)12(8-9)18-3/h4-8,13,16H,1-3H3. The summed E-state index contributed by atoms with van der Waals surface area (Å²) in [5.41, 5.74) is 1.32. The predicted molar refractivity (Wildman–Crippen MR) is 66.8 cm³/mol. The minimum absolute atomic E-state index is 0.588. The van der Waals surface area contributed by atoms with E-state index in [2.05, 4.69) is 5.10 Å². The van der Waals surface area contributed by atoms with Crippen LogP contribution >= 0.6 is 0 Å². The third-order valence-electron chi connectivity index (χ3n) is 2.74. The van der Waals surface area contributed by atoms with Crippen molar-refractivity contribution >= 4 is 0 Å². The summed E-state index contributed by atoms with van der Waals surface area (Å²) in [4.78, 5) is 0. The largest absolute Gasteiger partial charge is 0.493 e. The lowest BCUT2D eigenvalue weighted by molar-refractivity contribution is 0.213. The first-order valence-corrected chi connectivity index (χ1v) is 5.55. The van der Waals surface area contributed by atoms with Crippen LogP contribution in [0.15, 0.2) is 30.5 Å². The number of nitrogens with zero attached hydrogens (tertiary/aromatic N) is 2. The van der Waals surface area contributed by atoms with Gasteiger partial charge in [-0.2, -0.15) is 5.10 Å². The summed E-state index contributed by atoms with van der Waals surface area (Å²) in [6.45, 7) is 0. The lowest BCUT2D eigenvalue weighted by atomic mass is 10.1. The molecule has 0 aliphatic carbocycles. The SMILES string of the molecule is COc1ccc(C(O)c2ccn(C)n2)cc1OC. The molecule has 1 atom stereocenters. The molecule has 0 radical (unpaired) electrons. The molecule has 18 heavy (non-hydrogen) atoms. The topological polar surface area (TPSA) is 56.5 Å². The van der Waals surface area contributed by atoms with E-state index in [9.17, 15) is 5.11 Å². The zero-order valence-corrected chi connectivity index (χ0v) is 10.6. The molecule has 1 unspecified atom stereocenters. The monoisotopic (exact) mass is 248 g/mol. The van der Waals surface area contributed by atoms with Gasteiger partial charge in [-0.15, -0.1) is 0 Å². The average molecular weight is 248 g/mol. The first kappa shape index (κ1) is 12.4. The highest BCUT2D eigenvalue weighted by molar-refractivity contribution is 5.44. The molecule has 0 spiro atoms. The van der Waals surface area contributed by atoms with Gasteiger partial charge >= 0.3 is 0 Å². The second-order valence-electron chi connectivity index (χ2n) is 3.93. The van der Waals surface area contributed by atoms with Crippen LogP contribution in [0.25, 0.3) is 0 Å². The zero-order chi connectivity index (χ0) is 13.1. The van der Waals surface area contributed by atoms with Crippen LogP contribution in [0, 0.1) is 0 Å².